The summed E-state index contributed by atoms with van der Waals surface area (Å²) in [4.78, 5) is 11.2. The Morgan fingerprint density at radius 3 is 2.65 bits per heavy atom. The molecule has 0 aliphatic carbocycles. The first kappa shape index (κ1) is 16.3. The zero-order valence-electron chi connectivity index (χ0n) is 12.8. The van der Waals surface area contributed by atoms with E-state index in [-0.39, 0.29) is 11.5 Å². The van der Waals surface area contributed by atoms with Crippen molar-refractivity contribution in [1.29, 1.82) is 5.26 Å². The van der Waals surface area contributed by atoms with Crippen LogP contribution in [0.25, 0.3) is 0 Å². The summed E-state index contributed by atoms with van der Waals surface area (Å²) in [6, 6.07) is 11.4. The van der Waals surface area contributed by atoms with Gasteiger partial charge in [0.25, 0.3) is 0 Å². The SMILES string of the molecule is COc1ccc(CNc2ccc(C#N)cc2F)cc1NC(C)=O. The number of methoxy groups -OCH3 is 1. The second-order valence-corrected chi connectivity index (χ2v) is 4.88. The highest BCUT2D eigenvalue weighted by molar-refractivity contribution is 5.90. The zero-order chi connectivity index (χ0) is 16.8. The summed E-state index contributed by atoms with van der Waals surface area (Å²) < 4.78 is 19.0. The number of benzene rings is 2. The molecule has 118 valence electrons. The van der Waals surface area contributed by atoms with Gasteiger partial charge < -0.3 is 15.4 Å². The molecule has 2 aromatic carbocycles. The molecule has 0 spiro atoms. The first-order chi connectivity index (χ1) is 11.0. The van der Waals surface area contributed by atoms with Crippen molar-refractivity contribution in [3.63, 3.8) is 0 Å². The molecule has 23 heavy (non-hydrogen) atoms. The van der Waals surface area contributed by atoms with Gasteiger partial charge in [-0.3, -0.25) is 4.79 Å². The molecule has 2 rings (SSSR count). The van der Waals surface area contributed by atoms with Gasteiger partial charge in [0.1, 0.15) is 11.6 Å². The Hall–Kier alpha value is -3.07. The number of carbonyl (C=O) groups excluding carboxylic acids is 1. The molecule has 5 nitrogen and oxygen atoms in total. The van der Waals surface area contributed by atoms with Crippen molar-refractivity contribution in [2.75, 3.05) is 17.7 Å². The molecule has 0 aromatic heterocycles. The molecule has 0 heterocycles. The summed E-state index contributed by atoms with van der Waals surface area (Å²) in [6.45, 7) is 1.77. The van der Waals surface area contributed by atoms with Crippen LogP contribution in [0, 0.1) is 17.1 Å². The molecular formula is C17H16FN3O2. The van der Waals surface area contributed by atoms with Gasteiger partial charge in [0.15, 0.2) is 0 Å². The lowest BCUT2D eigenvalue weighted by molar-refractivity contribution is -0.114. The van der Waals surface area contributed by atoms with Gasteiger partial charge in [0.05, 0.1) is 30.1 Å². The maximum Gasteiger partial charge on any atom is 0.221 e. The Labute approximate surface area is 133 Å². The van der Waals surface area contributed by atoms with Crippen molar-refractivity contribution in [2.45, 2.75) is 13.5 Å². The Morgan fingerprint density at radius 2 is 2.04 bits per heavy atom. The third-order valence-corrected chi connectivity index (χ3v) is 3.16. The van der Waals surface area contributed by atoms with Crippen molar-refractivity contribution in [1.82, 2.24) is 0 Å². The van der Waals surface area contributed by atoms with E-state index < -0.39 is 5.82 Å². The van der Waals surface area contributed by atoms with Crippen molar-refractivity contribution in [2.24, 2.45) is 0 Å². The first-order valence-corrected chi connectivity index (χ1v) is 6.91. The van der Waals surface area contributed by atoms with Crippen LogP contribution in [0.4, 0.5) is 15.8 Å². The van der Waals surface area contributed by atoms with E-state index in [2.05, 4.69) is 10.6 Å². The average Bonchev–Trinajstić information content (AvgIpc) is 2.53. The molecule has 0 radical (unpaired) electrons. The van der Waals surface area contributed by atoms with E-state index in [9.17, 15) is 9.18 Å². The lowest BCUT2D eigenvalue weighted by Crippen LogP contribution is -2.08. The van der Waals surface area contributed by atoms with E-state index in [1.54, 1.807) is 18.2 Å². The van der Waals surface area contributed by atoms with Gasteiger partial charge >= 0.3 is 0 Å². The molecule has 0 unspecified atom stereocenters. The van der Waals surface area contributed by atoms with Crippen molar-refractivity contribution >= 4 is 17.3 Å². The number of amides is 1. The smallest absolute Gasteiger partial charge is 0.221 e. The number of hydrogen-bond donors (Lipinski definition) is 2. The van der Waals surface area contributed by atoms with Crippen LogP contribution in [0.1, 0.15) is 18.1 Å². The number of halogens is 1. The van der Waals surface area contributed by atoms with Crippen LogP contribution < -0.4 is 15.4 Å². The second kappa shape index (κ2) is 7.27. The van der Waals surface area contributed by atoms with Gasteiger partial charge in [-0.1, -0.05) is 6.07 Å². The molecular weight excluding hydrogens is 297 g/mol. The van der Waals surface area contributed by atoms with E-state index in [1.807, 2.05) is 12.1 Å². The summed E-state index contributed by atoms with van der Waals surface area (Å²) >= 11 is 0. The molecule has 0 aliphatic heterocycles. The number of nitrogens with one attached hydrogen (secondary N) is 2. The fourth-order valence-corrected chi connectivity index (χ4v) is 2.08. The monoisotopic (exact) mass is 313 g/mol. The minimum Gasteiger partial charge on any atom is -0.495 e. The Bertz CT molecular complexity index is 769. The number of nitrogens with zero attached hydrogens (tertiary/aromatic N) is 1. The van der Waals surface area contributed by atoms with Crippen molar-refractivity contribution in [3.05, 3.63) is 53.3 Å². The van der Waals surface area contributed by atoms with E-state index in [0.29, 0.717) is 23.7 Å². The maximum atomic E-state index is 13.8. The summed E-state index contributed by atoms with van der Waals surface area (Å²) in [5.41, 5.74) is 1.98. The van der Waals surface area contributed by atoms with Crippen LogP contribution in [-0.4, -0.2) is 13.0 Å². The third-order valence-electron chi connectivity index (χ3n) is 3.16. The van der Waals surface area contributed by atoms with E-state index in [1.165, 1.54) is 26.2 Å². The fourth-order valence-electron chi connectivity index (χ4n) is 2.08. The quantitative estimate of drug-likeness (QED) is 0.888. The lowest BCUT2D eigenvalue weighted by Gasteiger charge is -2.12. The molecule has 1 amide bonds. The van der Waals surface area contributed by atoms with Crippen LogP contribution >= 0.6 is 0 Å². The van der Waals surface area contributed by atoms with Crippen LogP contribution in [0.5, 0.6) is 5.75 Å². The maximum absolute atomic E-state index is 13.8. The number of hydrogen-bond acceptors (Lipinski definition) is 4. The van der Waals surface area contributed by atoms with E-state index >= 15 is 0 Å². The summed E-state index contributed by atoms with van der Waals surface area (Å²) in [7, 11) is 1.52. The zero-order valence-corrected chi connectivity index (χ0v) is 12.8. The lowest BCUT2D eigenvalue weighted by atomic mass is 10.1. The number of anilines is 2. The highest BCUT2D eigenvalue weighted by Crippen LogP contribution is 2.26. The van der Waals surface area contributed by atoms with Gasteiger partial charge in [-0.25, -0.2) is 4.39 Å². The minimum absolute atomic E-state index is 0.202. The van der Waals surface area contributed by atoms with Crippen molar-refractivity contribution in [3.8, 4) is 11.8 Å². The van der Waals surface area contributed by atoms with Crippen LogP contribution in [0.3, 0.4) is 0 Å². The van der Waals surface area contributed by atoms with Gasteiger partial charge in [-0.05, 0) is 35.9 Å². The van der Waals surface area contributed by atoms with Crippen LogP contribution in [0.15, 0.2) is 36.4 Å². The number of ether oxygens (including phenoxy) is 1. The number of nitriles is 1. The van der Waals surface area contributed by atoms with Gasteiger partial charge in [0.2, 0.25) is 5.91 Å². The predicted octanol–water partition coefficient (Wildman–Crippen LogP) is 3.28. The van der Waals surface area contributed by atoms with Crippen LogP contribution in [0.2, 0.25) is 0 Å². The summed E-state index contributed by atoms with van der Waals surface area (Å²) in [6.07, 6.45) is 0. The summed E-state index contributed by atoms with van der Waals surface area (Å²) in [5.74, 6) is -0.139. The van der Waals surface area contributed by atoms with Crippen molar-refractivity contribution < 1.29 is 13.9 Å². The molecule has 6 heteroatoms. The minimum atomic E-state index is -0.486. The molecule has 0 saturated carbocycles. The normalized spacial score (nSPS) is 9.83. The topological polar surface area (TPSA) is 74.2 Å². The largest absolute Gasteiger partial charge is 0.495 e. The van der Waals surface area contributed by atoms with Gasteiger partial charge in [-0.2, -0.15) is 5.26 Å². The molecule has 0 bridgehead atoms. The molecule has 0 saturated heterocycles. The standard InChI is InChI=1S/C17H16FN3O2/c1-11(22)21-16-8-13(4-6-17(16)23-2)10-20-15-5-3-12(9-19)7-14(15)18/h3-8,20H,10H2,1-2H3,(H,21,22). The predicted molar refractivity (Wildman–Crippen MR) is 85.7 cm³/mol. The average molecular weight is 313 g/mol. The van der Waals surface area contributed by atoms with Gasteiger partial charge in [-0.15, -0.1) is 0 Å². The molecule has 0 atom stereocenters. The number of rotatable bonds is 5. The third kappa shape index (κ3) is 4.20. The first-order valence-electron chi connectivity index (χ1n) is 6.91. The Kier molecular flexibility index (Phi) is 5.15. The number of carbonyl (C=O) groups is 1. The highest BCUT2D eigenvalue weighted by Gasteiger charge is 2.07. The molecule has 2 N–H and O–H groups in total. The molecule has 0 aliphatic rings. The molecule has 0 fully saturated rings. The highest BCUT2D eigenvalue weighted by atomic mass is 19.1. The fraction of sp³-hybridized carbons (Fsp3) is 0.176. The Balaban J connectivity index is 2.14. The van der Waals surface area contributed by atoms with E-state index in [0.717, 1.165) is 5.56 Å². The Morgan fingerprint density at radius 1 is 1.26 bits per heavy atom. The second-order valence-electron chi connectivity index (χ2n) is 4.88. The summed E-state index contributed by atoms with van der Waals surface area (Å²) in [5, 5.41) is 14.4. The molecule has 2 aromatic rings. The van der Waals surface area contributed by atoms with E-state index in [4.69, 9.17) is 10.00 Å². The van der Waals surface area contributed by atoms with Gasteiger partial charge in [0, 0.05) is 13.5 Å². The van der Waals surface area contributed by atoms with Crippen LogP contribution in [-0.2, 0) is 11.3 Å².